The Labute approximate surface area is 212 Å². The minimum absolute atomic E-state index is 0.352. The largest absolute Gasteiger partial charge is 0.318 e. The molecule has 2 aromatic carbocycles. The lowest BCUT2D eigenvalue weighted by Gasteiger charge is -2.44. The topological polar surface area (TPSA) is 16.1 Å². The minimum atomic E-state index is 0.352. The third kappa shape index (κ3) is 4.94. The molecule has 0 bridgehead atoms. The molecule has 2 heteroatoms. The van der Waals surface area contributed by atoms with Gasteiger partial charge >= 0.3 is 0 Å². The van der Waals surface area contributed by atoms with E-state index in [0.29, 0.717) is 6.04 Å². The second kappa shape index (κ2) is 11.7. The van der Waals surface area contributed by atoms with Crippen molar-refractivity contribution < 1.29 is 0 Å². The van der Waals surface area contributed by atoms with Gasteiger partial charge in [-0.2, -0.15) is 0 Å². The van der Waals surface area contributed by atoms with Crippen molar-refractivity contribution in [3.63, 3.8) is 0 Å². The van der Waals surface area contributed by atoms with Gasteiger partial charge in [-0.1, -0.05) is 102 Å². The molecule has 184 valence electrons. The van der Waals surface area contributed by atoms with Gasteiger partial charge in [0.25, 0.3) is 0 Å². The molecule has 2 nitrogen and oxygen atoms in total. The average molecular weight is 467 g/mol. The van der Waals surface area contributed by atoms with Crippen LogP contribution in [0.3, 0.4) is 0 Å². The number of nitrogens with zero attached hydrogens (tertiary/aromatic N) is 2. The smallest absolute Gasteiger partial charge is 0.136 e. The van der Waals surface area contributed by atoms with Crippen molar-refractivity contribution in [2.45, 2.75) is 92.0 Å². The molecule has 0 amide bonds. The zero-order valence-electron chi connectivity index (χ0n) is 22.4. The van der Waals surface area contributed by atoms with Crippen molar-refractivity contribution in [3.8, 4) is 0 Å². The molecule has 4 rings (SSSR count). The quantitative estimate of drug-likeness (QED) is 0.295. The first-order valence-electron chi connectivity index (χ1n) is 13.8. The van der Waals surface area contributed by atoms with E-state index in [0.717, 1.165) is 37.9 Å². The molecule has 0 saturated carbocycles. The van der Waals surface area contributed by atoms with E-state index in [-0.39, 0.29) is 0 Å². The van der Waals surface area contributed by atoms with E-state index in [2.05, 4.69) is 94.1 Å². The summed E-state index contributed by atoms with van der Waals surface area (Å²) in [7, 11) is 0. The lowest BCUT2D eigenvalue weighted by molar-refractivity contribution is 0.601. The van der Waals surface area contributed by atoms with Crippen LogP contribution in [0.2, 0.25) is 0 Å². The second-order valence-corrected chi connectivity index (χ2v) is 9.93. The van der Waals surface area contributed by atoms with Crippen LogP contribution in [0.25, 0.3) is 16.5 Å². The van der Waals surface area contributed by atoms with Gasteiger partial charge in [-0.3, -0.25) is 0 Å². The van der Waals surface area contributed by atoms with E-state index in [1.165, 1.54) is 46.9 Å². The highest BCUT2D eigenvalue weighted by atomic mass is 15.2. The van der Waals surface area contributed by atoms with Gasteiger partial charge in [0.1, 0.15) is 5.82 Å². The Bertz CT molecular complexity index is 1210. The number of allylic oxidation sites excluding steroid dienone is 2. The molecule has 1 atom stereocenters. The first-order chi connectivity index (χ1) is 17.2. The summed E-state index contributed by atoms with van der Waals surface area (Å²) < 4.78 is 0. The summed E-state index contributed by atoms with van der Waals surface area (Å²) in [6.45, 7) is 11.5. The minimum Gasteiger partial charge on any atom is -0.318 e. The average Bonchev–Trinajstić information content (AvgIpc) is 2.87. The van der Waals surface area contributed by atoms with E-state index >= 15 is 0 Å². The Hall–Kier alpha value is -2.87. The highest BCUT2D eigenvalue weighted by Crippen LogP contribution is 2.47. The Morgan fingerprint density at radius 3 is 2.17 bits per heavy atom. The molecule has 1 aromatic heterocycles. The van der Waals surface area contributed by atoms with Gasteiger partial charge < -0.3 is 4.90 Å². The summed E-state index contributed by atoms with van der Waals surface area (Å²) in [5, 5.41) is 2.64. The number of fused-ring (bicyclic) bond motifs is 1. The monoisotopic (exact) mass is 466 g/mol. The zero-order valence-corrected chi connectivity index (χ0v) is 22.4. The molecule has 0 spiro atoms. The van der Waals surface area contributed by atoms with Crippen molar-refractivity contribution in [1.29, 1.82) is 0 Å². The van der Waals surface area contributed by atoms with Crippen molar-refractivity contribution >= 4 is 22.3 Å². The fourth-order valence-electron chi connectivity index (χ4n) is 5.95. The summed E-state index contributed by atoms with van der Waals surface area (Å²) in [5.74, 6) is 1.12. The van der Waals surface area contributed by atoms with Gasteiger partial charge in [0.2, 0.25) is 0 Å². The van der Waals surface area contributed by atoms with Crippen LogP contribution in [0.5, 0.6) is 0 Å². The molecule has 1 aliphatic heterocycles. The van der Waals surface area contributed by atoms with Gasteiger partial charge in [-0.25, -0.2) is 4.98 Å². The number of pyridine rings is 1. The Kier molecular flexibility index (Phi) is 8.44. The van der Waals surface area contributed by atoms with Crippen LogP contribution in [0.1, 0.15) is 90.2 Å². The predicted octanol–water partition coefficient (Wildman–Crippen LogP) is 9.64. The molecule has 0 saturated heterocycles. The first kappa shape index (κ1) is 25.2. The molecule has 0 N–H and O–H groups in total. The standard InChI is InChI=1S/C33H42N2/c1-6-14-27-28(15-7-2)31(17-9-4)35(33-24(5)18-13-23-34-33)32(29(27)16-8-3)30-22-12-20-25-19-10-11-21-26(25)30/h10-13,18-23,31H,6-9,14-17H2,1-5H3. The van der Waals surface area contributed by atoms with Gasteiger partial charge in [0, 0.05) is 11.8 Å². The predicted molar refractivity (Wildman–Crippen MR) is 153 cm³/mol. The fraction of sp³-hybridized carbons (Fsp3) is 0.424. The summed E-state index contributed by atoms with van der Waals surface area (Å²) in [6.07, 6.45) is 11.2. The van der Waals surface area contributed by atoms with E-state index in [9.17, 15) is 0 Å². The highest BCUT2D eigenvalue weighted by Gasteiger charge is 2.36. The molecule has 3 aromatic rings. The summed E-state index contributed by atoms with van der Waals surface area (Å²) in [4.78, 5) is 7.67. The summed E-state index contributed by atoms with van der Waals surface area (Å²) >= 11 is 0. The number of benzene rings is 2. The van der Waals surface area contributed by atoms with Crippen molar-refractivity contribution in [2.75, 3.05) is 4.90 Å². The SMILES string of the molecule is CCCC1=C(CCC)C(CCC)N(c2ncccc2C)C(c2cccc3ccccc23)=C1CCC. The molecule has 0 aliphatic carbocycles. The first-order valence-corrected chi connectivity index (χ1v) is 13.8. The van der Waals surface area contributed by atoms with Crippen molar-refractivity contribution in [3.05, 3.63) is 88.6 Å². The van der Waals surface area contributed by atoms with Crippen LogP contribution >= 0.6 is 0 Å². The van der Waals surface area contributed by atoms with Crippen LogP contribution in [-0.2, 0) is 0 Å². The Morgan fingerprint density at radius 1 is 0.743 bits per heavy atom. The fourth-order valence-corrected chi connectivity index (χ4v) is 5.95. The number of aromatic nitrogens is 1. The molecule has 35 heavy (non-hydrogen) atoms. The van der Waals surface area contributed by atoms with E-state index in [4.69, 9.17) is 4.98 Å². The molecule has 0 fully saturated rings. The van der Waals surface area contributed by atoms with Gasteiger partial charge in [-0.15, -0.1) is 0 Å². The van der Waals surface area contributed by atoms with Crippen LogP contribution in [0.4, 0.5) is 5.82 Å². The normalized spacial score (nSPS) is 16.5. The number of hydrogen-bond donors (Lipinski definition) is 0. The van der Waals surface area contributed by atoms with Gasteiger partial charge in [0.05, 0.1) is 11.7 Å². The maximum atomic E-state index is 5.02. The van der Waals surface area contributed by atoms with E-state index in [1.54, 1.807) is 16.7 Å². The lowest BCUT2D eigenvalue weighted by atomic mass is 9.78. The van der Waals surface area contributed by atoms with Crippen molar-refractivity contribution in [1.82, 2.24) is 4.98 Å². The maximum Gasteiger partial charge on any atom is 0.136 e. The zero-order chi connectivity index (χ0) is 24.8. The van der Waals surface area contributed by atoms with Crippen LogP contribution in [0.15, 0.2) is 77.5 Å². The molecule has 0 radical (unpaired) electrons. The molecule has 1 aliphatic rings. The molecule has 2 heterocycles. The second-order valence-electron chi connectivity index (χ2n) is 9.93. The summed E-state index contributed by atoms with van der Waals surface area (Å²) in [6, 6.07) is 20.3. The van der Waals surface area contributed by atoms with E-state index < -0.39 is 0 Å². The number of anilines is 1. The molecular formula is C33H42N2. The van der Waals surface area contributed by atoms with Gasteiger partial charge in [0.15, 0.2) is 0 Å². The molecule has 1 unspecified atom stereocenters. The highest BCUT2D eigenvalue weighted by molar-refractivity contribution is 5.99. The van der Waals surface area contributed by atoms with Crippen LogP contribution in [0, 0.1) is 6.92 Å². The van der Waals surface area contributed by atoms with Crippen LogP contribution < -0.4 is 4.90 Å². The van der Waals surface area contributed by atoms with E-state index in [1.807, 2.05) is 6.20 Å². The third-order valence-corrected chi connectivity index (χ3v) is 7.33. The Balaban J connectivity index is 2.13. The van der Waals surface area contributed by atoms with Gasteiger partial charge in [-0.05, 0) is 71.7 Å². The maximum absolute atomic E-state index is 5.02. The number of aryl methyl sites for hydroxylation is 1. The van der Waals surface area contributed by atoms with Crippen LogP contribution in [-0.4, -0.2) is 11.0 Å². The number of hydrogen-bond acceptors (Lipinski definition) is 2. The third-order valence-electron chi connectivity index (χ3n) is 7.33. The van der Waals surface area contributed by atoms with Crippen molar-refractivity contribution in [2.24, 2.45) is 0 Å². The number of rotatable bonds is 10. The lowest BCUT2D eigenvalue weighted by Crippen LogP contribution is -2.41. The Morgan fingerprint density at radius 2 is 1.46 bits per heavy atom. The summed E-state index contributed by atoms with van der Waals surface area (Å²) in [5.41, 5.74) is 8.84. The molecular weight excluding hydrogens is 424 g/mol.